The Bertz CT molecular complexity index is 1010. The number of rotatable bonds is 7. The summed E-state index contributed by atoms with van der Waals surface area (Å²) in [6.07, 6.45) is 3.52. The van der Waals surface area contributed by atoms with Gasteiger partial charge in [-0.25, -0.2) is 9.97 Å². The zero-order chi connectivity index (χ0) is 18.3. The third-order valence-corrected chi connectivity index (χ3v) is 4.17. The van der Waals surface area contributed by atoms with Gasteiger partial charge in [-0.1, -0.05) is 42.5 Å². The van der Waals surface area contributed by atoms with E-state index in [2.05, 4.69) is 27.4 Å². The van der Waals surface area contributed by atoms with E-state index in [0.29, 0.717) is 25.6 Å². The normalized spacial score (nSPS) is 10.8. The summed E-state index contributed by atoms with van der Waals surface area (Å²) in [5.74, 6) is 1.47. The van der Waals surface area contributed by atoms with Gasteiger partial charge in [0.2, 0.25) is 0 Å². The van der Waals surface area contributed by atoms with Crippen LogP contribution in [0, 0.1) is 0 Å². The quantitative estimate of drug-likeness (QED) is 0.500. The fourth-order valence-corrected chi connectivity index (χ4v) is 2.84. The number of hydrogen-bond donors (Lipinski definition) is 1. The van der Waals surface area contributed by atoms with Gasteiger partial charge in [0.15, 0.2) is 5.82 Å². The molecule has 4 rings (SSSR count). The van der Waals surface area contributed by atoms with Crippen LogP contribution >= 0.6 is 0 Å². The number of para-hydroxylation sites is 1. The number of hydrogen-bond acceptors (Lipinski definition) is 5. The van der Waals surface area contributed by atoms with Crippen molar-refractivity contribution in [2.45, 2.75) is 6.61 Å². The minimum Gasteiger partial charge on any atom is -0.375 e. The summed E-state index contributed by atoms with van der Waals surface area (Å²) in [6.45, 7) is 1.86. The second kappa shape index (κ2) is 8.38. The second-order valence-corrected chi connectivity index (χ2v) is 6.12. The summed E-state index contributed by atoms with van der Waals surface area (Å²) in [5.41, 5.74) is 2.97. The summed E-state index contributed by atoms with van der Waals surface area (Å²) in [7, 11) is 0. The molecule has 0 unspecified atom stereocenters. The highest BCUT2D eigenvalue weighted by molar-refractivity contribution is 5.90. The van der Waals surface area contributed by atoms with E-state index >= 15 is 0 Å². The van der Waals surface area contributed by atoms with Crippen LogP contribution in [0.4, 0.5) is 5.82 Å². The molecule has 1 N–H and O–H groups in total. The van der Waals surface area contributed by atoms with E-state index in [4.69, 9.17) is 9.72 Å². The molecule has 0 radical (unpaired) electrons. The van der Waals surface area contributed by atoms with Crippen LogP contribution < -0.4 is 5.32 Å². The Morgan fingerprint density at radius 1 is 0.852 bits per heavy atom. The molecule has 0 saturated carbocycles. The molecule has 0 aliphatic carbocycles. The molecular formula is C22H20N4O. The predicted molar refractivity (Wildman–Crippen MR) is 107 cm³/mol. The van der Waals surface area contributed by atoms with Gasteiger partial charge in [0.25, 0.3) is 0 Å². The maximum Gasteiger partial charge on any atom is 0.163 e. The zero-order valence-electron chi connectivity index (χ0n) is 14.9. The number of nitrogens with zero attached hydrogens (tertiary/aromatic N) is 3. The van der Waals surface area contributed by atoms with Gasteiger partial charge in [0.1, 0.15) is 5.82 Å². The molecule has 27 heavy (non-hydrogen) atoms. The number of pyridine rings is 1. The smallest absolute Gasteiger partial charge is 0.163 e. The maximum atomic E-state index is 5.75. The fraction of sp³-hybridized carbons (Fsp3) is 0.136. The lowest BCUT2D eigenvalue weighted by atomic mass is 10.2. The third-order valence-electron chi connectivity index (χ3n) is 4.17. The number of nitrogens with one attached hydrogen (secondary N) is 1. The van der Waals surface area contributed by atoms with Crippen LogP contribution in [0.2, 0.25) is 0 Å². The van der Waals surface area contributed by atoms with E-state index in [9.17, 15) is 0 Å². The van der Waals surface area contributed by atoms with Crippen molar-refractivity contribution < 1.29 is 4.74 Å². The first-order valence-electron chi connectivity index (χ1n) is 8.93. The topological polar surface area (TPSA) is 59.9 Å². The monoisotopic (exact) mass is 356 g/mol. The molecule has 0 fully saturated rings. The molecule has 2 aromatic heterocycles. The largest absolute Gasteiger partial charge is 0.375 e. The summed E-state index contributed by atoms with van der Waals surface area (Å²) in [6, 6.07) is 22.0. The maximum absolute atomic E-state index is 5.75. The molecule has 0 atom stereocenters. The Balaban J connectivity index is 1.47. The van der Waals surface area contributed by atoms with Gasteiger partial charge in [-0.15, -0.1) is 0 Å². The Morgan fingerprint density at radius 2 is 1.70 bits per heavy atom. The van der Waals surface area contributed by atoms with Gasteiger partial charge in [-0.05, 0) is 29.8 Å². The van der Waals surface area contributed by atoms with Gasteiger partial charge in [0.05, 0.1) is 18.7 Å². The summed E-state index contributed by atoms with van der Waals surface area (Å²) in [4.78, 5) is 13.5. The molecule has 5 heteroatoms. The van der Waals surface area contributed by atoms with E-state index in [1.54, 1.807) is 12.4 Å². The lowest BCUT2D eigenvalue weighted by Crippen LogP contribution is -2.11. The summed E-state index contributed by atoms with van der Waals surface area (Å²) >= 11 is 0. The van der Waals surface area contributed by atoms with Gasteiger partial charge >= 0.3 is 0 Å². The summed E-state index contributed by atoms with van der Waals surface area (Å²) in [5, 5.41) is 4.38. The molecule has 5 nitrogen and oxygen atoms in total. The number of ether oxygens (including phenoxy) is 1. The standard InChI is InChI=1S/C22H20N4O/c1-2-7-17(8-3-1)16-27-14-13-24-22-19-10-4-5-11-20(19)25-21(26-22)18-9-6-12-23-15-18/h1-12,15H,13-14,16H2,(H,24,25,26). The number of aromatic nitrogens is 3. The first kappa shape index (κ1) is 17.1. The van der Waals surface area contributed by atoms with Gasteiger partial charge in [-0.3, -0.25) is 4.98 Å². The molecule has 4 aromatic rings. The molecule has 0 amide bonds. The Hall–Kier alpha value is -3.31. The van der Waals surface area contributed by atoms with Gasteiger partial charge in [0, 0.05) is 29.9 Å². The third kappa shape index (κ3) is 4.27. The predicted octanol–water partition coefficient (Wildman–Crippen LogP) is 4.32. The van der Waals surface area contributed by atoms with E-state index in [1.807, 2.05) is 54.6 Å². The van der Waals surface area contributed by atoms with Crippen molar-refractivity contribution in [1.29, 1.82) is 0 Å². The SMILES string of the molecule is c1ccc(COCCNc2nc(-c3cccnc3)nc3ccccc23)cc1. The van der Waals surface area contributed by atoms with Crippen molar-refractivity contribution >= 4 is 16.7 Å². The molecule has 134 valence electrons. The number of benzene rings is 2. The second-order valence-electron chi connectivity index (χ2n) is 6.12. The van der Waals surface area contributed by atoms with Crippen molar-refractivity contribution in [3.05, 3.63) is 84.7 Å². The molecule has 2 aromatic carbocycles. The average molecular weight is 356 g/mol. The minimum absolute atomic E-state index is 0.593. The highest BCUT2D eigenvalue weighted by Gasteiger charge is 2.09. The molecule has 2 heterocycles. The van der Waals surface area contributed by atoms with Crippen LogP contribution in [0.1, 0.15) is 5.56 Å². The fourth-order valence-electron chi connectivity index (χ4n) is 2.84. The molecule has 0 saturated heterocycles. The molecular weight excluding hydrogens is 336 g/mol. The van der Waals surface area contributed by atoms with E-state index < -0.39 is 0 Å². The molecule has 0 bridgehead atoms. The van der Waals surface area contributed by atoms with Crippen LogP contribution in [-0.2, 0) is 11.3 Å². The average Bonchev–Trinajstić information content (AvgIpc) is 2.74. The lowest BCUT2D eigenvalue weighted by Gasteiger charge is -2.11. The highest BCUT2D eigenvalue weighted by Crippen LogP contribution is 2.24. The van der Waals surface area contributed by atoms with Crippen LogP contribution in [-0.4, -0.2) is 28.1 Å². The highest BCUT2D eigenvalue weighted by atomic mass is 16.5. The lowest BCUT2D eigenvalue weighted by molar-refractivity contribution is 0.130. The van der Waals surface area contributed by atoms with Crippen molar-refractivity contribution in [3.8, 4) is 11.4 Å². The van der Waals surface area contributed by atoms with Crippen LogP contribution in [0.15, 0.2) is 79.1 Å². The number of anilines is 1. The first-order chi connectivity index (χ1) is 13.4. The van der Waals surface area contributed by atoms with Gasteiger partial charge < -0.3 is 10.1 Å². The summed E-state index contributed by atoms with van der Waals surface area (Å²) < 4.78 is 5.75. The van der Waals surface area contributed by atoms with E-state index in [1.165, 1.54) is 5.56 Å². The number of fused-ring (bicyclic) bond motifs is 1. The van der Waals surface area contributed by atoms with E-state index in [0.717, 1.165) is 22.3 Å². The zero-order valence-corrected chi connectivity index (χ0v) is 14.9. The Labute approximate surface area is 158 Å². The molecule has 0 aliphatic rings. The van der Waals surface area contributed by atoms with Crippen LogP contribution in [0.25, 0.3) is 22.3 Å². The van der Waals surface area contributed by atoms with Crippen LogP contribution in [0.5, 0.6) is 0 Å². The minimum atomic E-state index is 0.593. The van der Waals surface area contributed by atoms with Crippen molar-refractivity contribution in [2.24, 2.45) is 0 Å². The Morgan fingerprint density at radius 3 is 2.56 bits per heavy atom. The van der Waals surface area contributed by atoms with E-state index in [-0.39, 0.29) is 0 Å². The van der Waals surface area contributed by atoms with Crippen molar-refractivity contribution in [2.75, 3.05) is 18.5 Å². The Kier molecular flexibility index (Phi) is 5.31. The first-order valence-corrected chi connectivity index (χ1v) is 8.93. The van der Waals surface area contributed by atoms with Crippen LogP contribution in [0.3, 0.4) is 0 Å². The van der Waals surface area contributed by atoms with Crippen molar-refractivity contribution in [1.82, 2.24) is 15.0 Å². The van der Waals surface area contributed by atoms with Crippen molar-refractivity contribution in [3.63, 3.8) is 0 Å². The van der Waals surface area contributed by atoms with Gasteiger partial charge in [-0.2, -0.15) is 0 Å². The molecule has 0 aliphatic heterocycles. The molecule has 0 spiro atoms.